The quantitative estimate of drug-likeness (QED) is 0.141. The van der Waals surface area contributed by atoms with Crippen molar-refractivity contribution in [2.45, 2.75) is 96.8 Å². The third-order valence-electron chi connectivity index (χ3n) is 3.80. The first kappa shape index (κ1) is 31.3. The van der Waals surface area contributed by atoms with Gasteiger partial charge in [-0.25, -0.2) is 0 Å². The van der Waals surface area contributed by atoms with E-state index >= 15 is 0 Å². The average Bonchev–Trinajstić information content (AvgIpc) is 2.64. The molecular formula is C19H38N2O8. The number of carbonyl (C=O) groups is 1. The SMILES string of the molecule is CCCCCCCC/C=C\CCCCCCCC(=O)O.CO[N+](=O)[O-].O=[N+]([O-])O. The molecule has 0 bridgehead atoms. The Morgan fingerprint density at radius 2 is 1.21 bits per heavy atom. The molecule has 10 nitrogen and oxygen atoms in total. The Bertz CT molecular complexity index is 413. The van der Waals surface area contributed by atoms with Crippen molar-refractivity contribution in [3.63, 3.8) is 0 Å². The van der Waals surface area contributed by atoms with Crippen molar-refractivity contribution < 1.29 is 30.1 Å². The first-order valence-corrected chi connectivity index (χ1v) is 10.2. The van der Waals surface area contributed by atoms with Crippen LogP contribution < -0.4 is 0 Å². The fraction of sp³-hybridized carbons (Fsp3) is 0.842. The van der Waals surface area contributed by atoms with Crippen LogP contribution in [0.25, 0.3) is 0 Å². The summed E-state index contributed by atoms with van der Waals surface area (Å²) in [6, 6.07) is 0. The molecule has 0 saturated carbocycles. The molecule has 0 radical (unpaired) electrons. The summed E-state index contributed by atoms with van der Waals surface area (Å²) in [7, 11) is 1.00. The van der Waals surface area contributed by atoms with Gasteiger partial charge in [0.1, 0.15) is 0 Å². The van der Waals surface area contributed by atoms with E-state index in [2.05, 4.69) is 23.9 Å². The van der Waals surface area contributed by atoms with Gasteiger partial charge in [-0.1, -0.05) is 70.4 Å². The van der Waals surface area contributed by atoms with Gasteiger partial charge >= 0.3 is 5.97 Å². The summed E-state index contributed by atoms with van der Waals surface area (Å²) < 4.78 is 0. The van der Waals surface area contributed by atoms with Gasteiger partial charge in [-0.05, 0) is 32.1 Å². The Labute approximate surface area is 173 Å². The molecule has 0 spiro atoms. The van der Waals surface area contributed by atoms with Crippen molar-refractivity contribution in [2.24, 2.45) is 0 Å². The highest BCUT2D eigenvalue weighted by atomic mass is 16.9. The summed E-state index contributed by atoms with van der Waals surface area (Å²) in [5, 5.41) is 30.2. The number of aliphatic carboxylic acids is 1. The van der Waals surface area contributed by atoms with E-state index in [9.17, 15) is 4.79 Å². The van der Waals surface area contributed by atoms with Crippen LogP contribution in [-0.2, 0) is 9.63 Å². The summed E-state index contributed by atoms with van der Waals surface area (Å²) in [6.45, 7) is 2.26. The Morgan fingerprint density at radius 3 is 1.55 bits per heavy atom. The van der Waals surface area contributed by atoms with Gasteiger partial charge in [-0.3, -0.25) is 4.79 Å². The third-order valence-corrected chi connectivity index (χ3v) is 3.80. The molecule has 172 valence electrons. The van der Waals surface area contributed by atoms with Gasteiger partial charge in [0.2, 0.25) is 0 Å². The first-order chi connectivity index (χ1) is 13.8. The van der Waals surface area contributed by atoms with Crippen LogP contribution in [0, 0.1) is 20.2 Å². The van der Waals surface area contributed by atoms with E-state index in [0.29, 0.717) is 6.42 Å². The van der Waals surface area contributed by atoms with Crippen LogP contribution in [0.4, 0.5) is 0 Å². The number of nitrogens with zero attached hydrogens (tertiary/aromatic N) is 2. The predicted octanol–water partition coefficient (Wildman–Crippen LogP) is 5.59. The van der Waals surface area contributed by atoms with Crippen molar-refractivity contribution in [3.8, 4) is 0 Å². The molecule has 0 aromatic heterocycles. The normalized spacial score (nSPS) is 9.72. The molecule has 0 amide bonds. The van der Waals surface area contributed by atoms with Crippen molar-refractivity contribution in [1.82, 2.24) is 0 Å². The van der Waals surface area contributed by atoms with Crippen LogP contribution in [0.2, 0.25) is 0 Å². The van der Waals surface area contributed by atoms with Crippen molar-refractivity contribution >= 4 is 5.97 Å². The van der Waals surface area contributed by atoms with Gasteiger partial charge in [-0.2, -0.15) is 0 Å². The molecular weight excluding hydrogens is 384 g/mol. The lowest BCUT2D eigenvalue weighted by atomic mass is 10.1. The average molecular weight is 423 g/mol. The zero-order valence-corrected chi connectivity index (χ0v) is 17.8. The molecule has 0 aromatic rings. The summed E-state index contributed by atoms with van der Waals surface area (Å²) in [4.78, 5) is 31.1. The van der Waals surface area contributed by atoms with Crippen LogP contribution in [0.3, 0.4) is 0 Å². The molecule has 0 saturated heterocycles. The summed E-state index contributed by atoms with van der Waals surface area (Å²) >= 11 is 0. The first-order valence-electron chi connectivity index (χ1n) is 10.2. The van der Waals surface area contributed by atoms with Crippen molar-refractivity contribution in [1.29, 1.82) is 0 Å². The van der Waals surface area contributed by atoms with Gasteiger partial charge < -0.3 is 15.2 Å². The number of carboxylic acids is 1. The van der Waals surface area contributed by atoms with Crippen LogP contribution in [0.1, 0.15) is 96.8 Å². The summed E-state index contributed by atoms with van der Waals surface area (Å²) in [6.07, 6.45) is 21.2. The maximum Gasteiger partial charge on any atom is 0.303 e. The minimum atomic E-state index is -1.50. The Morgan fingerprint density at radius 1 is 0.862 bits per heavy atom. The second-order valence-corrected chi connectivity index (χ2v) is 6.37. The van der Waals surface area contributed by atoms with E-state index in [4.69, 9.17) is 30.5 Å². The molecule has 0 aliphatic heterocycles. The summed E-state index contributed by atoms with van der Waals surface area (Å²) in [5.41, 5.74) is 0. The predicted molar refractivity (Wildman–Crippen MR) is 110 cm³/mol. The molecule has 0 rings (SSSR count). The molecule has 2 N–H and O–H groups in total. The van der Waals surface area contributed by atoms with Crippen LogP contribution in [0.15, 0.2) is 12.2 Å². The van der Waals surface area contributed by atoms with Crippen LogP contribution >= 0.6 is 0 Å². The molecule has 0 aliphatic rings. The van der Waals surface area contributed by atoms with E-state index in [-0.39, 0.29) is 0 Å². The lowest BCUT2D eigenvalue weighted by molar-refractivity contribution is -0.749. The van der Waals surface area contributed by atoms with Gasteiger partial charge in [0.25, 0.3) is 10.2 Å². The zero-order valence-electron chi connectivity index (χ0n) is 17.8. The molecule has 0 aliphatic carbocycles. The molecule has 10 heteroatoms. The topological polar surface area (TPSA) is 153 Å². The van der Waals surface area contributed by atoms with E-state index in [1.165, 1.54) is 70.6 Å². The van der Waals surface area contributed by atoms with Gasteiger partial charge in [-0.15, -0.1) is 20.2 Å². The highest BCUT2D eigenvalue weighted by molar-refractivity contribution is 5.66. The number of allylic oxidation sites excluding steroid dienone is 2. The second-order valence-electron chi connectivity index (χ2n) is 6.37. The monoisotopic (exact) mass is 422 g/mol. The lowest BCUT2D eigenvalue weighted by Gasteiger charge is -1.99. The fourth-order valence-electron chi connectivity index (χ4n) is 2.35. The lowest BCUT2D eigenvalue weighted by Crippen LogP contribution is -1.93. The number of hydrogen-bond donors (Lipinski definition) is 2. The van der Waals surface area contributed by atoms with Crippen molar-refractivity contribution in [3.05, 3.63) is 32.4 Å². The highest BCUT2D eigenvalue weighted by Crippen LogP contribution is 2.09. The standard InChI is InChI=1S/C18H34O2.CH3NO3.HNO3/c1-2-3-4-5-6-7-8-9-10-11-12-13-14-15-16-17-18(19)20;1-5-2(3)4;2-1(3)4/h9-10H,2-8,11-17H2,1H3,(H,19,20);1H3;(H,2,3,4)/b10-9-;;. The molecule has 29 heavy (non-hydrogen) atoms. The number of carboxylic acid groups (broad SMARTS) is 1. The minimum absolute atomic E-state index is 0.332. The van der Waals surface area contributed by atoms with Gasteiger partial charge in [0, 0.05) is 6.42 Å². The fourth-order valence-corrected chi connectivity index (χ4v) is 2.35. The molecule has 0 heterocycles. The van der Waals surface area contributed by atoms with Crippen molar-refractivity contribution in [2.75, 3.05) is 7.11 Å². The number of unbranched alkanes of at least 4 members (excludes halogenated alkanes) is 11. The largest absolute Gasteiger partial charge is 0.481 e. The van der Waals surface area contributed by atoms with E-state index in [1.807, 2.05) is 0 Å². The van der Waals surface area contributed by atoms with E-state index in [0.717, 1.165) is 20.0 Å². The zero-order chi connectivity index (χ0) is 22.8. The molecule has 0 unspecified atom stereocenters. The Kier molecular flexibility index (Phi) is 30.0. The number of rotatable bonds is 16. The van der Waals surface area contributed by atoms with Gasteiger partial charge in [0.15, 0.2) is 0 Å². The van der Waals surface area contributed by atoms with Gasteiger partial charge in [0.05, 0.1) is 7.11 Å². The van der Waals surface area contributed by atoms with Crippen LogP contribution in [-0.4, -0.2) is 33.6 Å². The molecule has 0 aromatic carbocycles. The molecule has 0 fully saturated rings. The minimum Gasteiger partial charge on any atom is -0.481 e. The maximum absolute atomic E-state index is 10.3. The van der Waals surface area contributed by atoms with Crippen LogP contribution in [0.5, 0.6) is 0 Å². The molecule has 0 atom stereocenters. The highest BCUT2D eigenvalue weighted by Gasteiger charge is 1.95. The maximum atomic E-state index is 10.3. The smallest absolute Gasteiger partial charge is 0.303 e. The Balaban J connectivity index is -0.000000623. The third kappa shape index (κ3) is 51.7. The second kappa shape index (κ2) is 27.8. The Hall–Kier alpha value is -2.39. The summed E-state index contributed by atoms with van der Waals surface area (Å²) in [5.74, 6) is -0.664. The van der Waals surface area contributed by atoms with E-state index < -0.39 is 16.1 Å². The van der Waals surface area contributed by atoms with E-state index in [1.54, 1.807) is 0 Å². The number of hydrogen-bond acceptors (Lipinski definition) is 6.